The second-order valence-corrected chi connectivity index (χ2v) is 15.6. The molecule has 0 aromatic heterocycles. The van der Waals surface area contributed by atoms with Crippen molar-refractivity contribution in [1.29, 1.82) is 0 Å². The van der Waals surface area contributed by atoms with Crippen molar-refractivity contribution in [1.82, 2.24) is 0 Å². The normalized spacial score (nSPS) is 13.2. The molecule has 0 radical (unpaired) electrons. The highest BCUT2D eigenvalue weighted by Crippen LogP contribution is 2.15. The smallest absolute Gasteiger partial charge is 0.306 e. The van der Waals surface area contributed by atoms with Crippen LogP contribution in [0.5, 0.6) is 0 Å². The Hall–Kier alpha value is -2.19. The Labute approximate surface area is 320 Å². The van der Waals surface area contributed by atoms with Crippen LogP contribution in [-0.2, 0) is 28.6 Å². The molecule has 0 aromatic carbocycles. The molecule has 0 N–H and O–H groups in total. The number of carbonyl (C=O) groups excluding carboxylic acids is 3. The van der Waals surface area contributed by atoms with Crippen molar-refractivity contribution in [2.45, 2.75) is 199 Å². The molecule has 0 bridgehead atoms. The summed E-state index contributed by atoms with van der Waals surface area (Å²) in [6, 6.07) is -0.727. The molecule has 0 fully saturated rings. The van der Waals surface area contributed by atoms with Gasteiger partial charge in [-0.1, -0.05) is 154 Å². The summed E-state index contributed by atoms with van der Waals surface area (Å²) in [5, 5.41) is 11.6. The molecular formula is C44H81NO7. The van der Waals surface area contributed by atoms with Crippen LogP contribution in [0.2, 0.25) is 0 Å². The van der Waals surface area contributed by atoms with Gasteiger partial charge in [-0.2, -0.15) is 0 Å². The van der Waals surface area contributed by atoms with Gasteiger partial charge in [-0.25, -0.2) is 0 Å². The summed E-state index contributed by atoms with van der Waals surface area (Å²) in [4.78, 5) is 36.7. The van der Waals surface area contributed by atoms with Crippen molar-refractivity contribution in [2.24, 2.45) is 0 Å². The Morgan fingerprint density at radius 2 is 1.08 bits per heavy atom. The molecule has 0 rings (SSSR count). The monoisotopic (exact) mass is 736 g/mol. The number of aliphatic carboxylic acids is 1. The fourth-order valence-corrected chi connectivity index (χ4v) is 6.28. The molecule has 0 amide bonds. The fraction of sp³-hybridized carbons (Fsp3) is 0.841. The first-order chi connectivity index (χ1) is 25.1. The van der Waals surface area contributed by atoms with Crippen molar-refractivity contribution in [2.75, 3.05) is 41.0 Å². The summed E-state index contributed by atoms with van der Waals surface area (Å²) in [5.74, 6) is -1.77. The SMILES string of the molecule is CC/C=C/C/C=C/CCCCC(=O)OC(COCCC(C(=O)[O-])[N+](C)(C)C)COC(=O)CCCCCCCCCCCCCCCCCCCCC. The highest BCUT2D eigenvalue weighted by atomic mass is 16.6. The van der Waals surface area contributed by atoms with Gasteiger partial charge in [0.1, 0.15) is 12.6 Å². The van der Waals surface area contributed by atoms with Crippen LogP contribution in [-0.4, -0.2) is 75.5 Å². The number of hydrogen-bond donors (Lipinski definition) is 0. The number of unbranched alkanes of at least 4 members (excludes halogenated alkanes) is 20. The van der Waals surface area contributed by atoms with Gasteiger partial charge in [0, 0.05) is 19.3 Å². The van der Waals surface area contributed by atoms with E-state index in [0.717, 1.165) is 44.9 Å². The van der Waals surface area contributed by atoms with Gasteiger partial charge in [0.05, 0.1) is 40.3 Å². The maximum Gasteiger partial charge on any atom is 0.306 e. The van der Waals surface area contributed by atoms with Crippen molar-refractivity contribution < 1.29 is 38.2 Å². The molecule has 0 heterocycles. The van der Waals surface area contributed by atoms with Crippen LogP contribution in [0.25, 0.3) is 0 Å². The number of carboxylic acid groups (broad SMARTS) is 1. The van der Waals surface area contributed by atoms with Gasteiger partial charge < -0.3 is 28.6 Å². The van der Waals surface area contributed by atoms with Gasteiger partial charge in [0.2, 0.25) is 0 Å². The van der Waals surface area contributed by atoms with E-state index in [0.29, 0.717) is 12.8 Å². The third-order valence-electron chi connectivity index (χ3n) is 9.60. The first kappa shape index (κ1) is 49.8. The molecule has 0 saturated heterocycles. The van der Waals surface area contributed by atoms with Crippen molar-refractivity contribution in [3.63, 3.8) is 0 Å². The molecule has 0 aliphatic heterocycles. The van der Waals surface area contributed by atoms with Gasteiger partial charge >= 0.3 is 11.9 Å². The average Bonchev–Trinajstić information content (AvgIpc) is 3.09. The molecular weight excluding hydrogens is 654 g/mol. The quantitative estimate of drug-likeness (QED) is 0.0269. The molecule has 304 valence electrons. The van der Waals surface area contributed by atoms with E-state index in [1.807, 2.05) is 0 Å². The summed E-state index contributed by atoms with van der Waals surface area (Å²) >= 11 is 0. The predicted molar refractivity (Wildman–Crippen MR) is 213 cm³/mol. The van der Waals surface area contributed by atoms with Crippen LogP contribution in [0.3, 0.4) is 0 Å². The lowest BCUT2D eigenvalue weighted by molar-refractivity contribution is -0.889. The van der Waals surface area contributed by atoms with E-state index in [1.54, 1.807) is 21.1 Å². The zero-order valence-electron chi connectivity index (χ0n) is 34.5. The van der Waals surface area contributed by atoms with Gasteiger partial charge in [-0.05, 0) is 38.5 Å². The number of carboxylic acids is 1. The van der Waals surface area contributed by atoms with Crippen molar-refractivity contribution in [3.05, 3.63) is 24.3 Å². The lowest BCUT2D eigenvalue weighted by Crippen LogP contribution is -2.55. The van der Waals surface area contributed by atoms with Gasteiger partial charge in [-0.3, -0.25) is 9.59 Å². The number of likely N-dealkylation sites (N-methyl/N-ethyl adjacent to an activating group) is 1. The first-order valence-electron chi connectivity index (χ1n) is 21.4. The lowest BCUT2D eigenvalue weighted by Gasteiger charge is -2.34. The number of allylic oxidation sites excluding steroid dienone is 4. The molecule has 0 spiro atoms. The number of quaternary nitrogens is 1. The van der Waals surface area contributed by atoms with Crippen LogP contribution >= 0.6 is 0 Å². The van der Waals surface area contributed by atoms with E-state index < -0.39 is 18.1 Å². The number of carbonyl (C=O) groups is 3. The zero-order chi connectivity index (χ0) is 38.5. The molecule has 2 atom stereocenters. The molecule has 0 saturated carbocycles. The van der Waals surface area contributed by atoms with Gasteiger partial charge in [-0.15, -0.1) is 0 Å². The Morgan fingerprint density at radius 3 is 1.58 bits per heavy atom. The van der Waals surface area contributed by atoms with E-state index in [1.165, 1.54) is 103 Å². The number of hydrogen-bond acceptors (Lipinski definition) is 7. The van der Waals surface area contributed by atoms with Gasteiger partial charge in [0.25, 0.3) is 0 Å². The second-order valence-electron chi connectivity index (χ2n) is 15.6. The maximum atomic E-state index is 12.6. The van der Waals surface area contributed by atoms with Crippen LogP contribution in [0, 0.1) is 0 Å². The van der Waals surface area contributed by atoms with E-state index in [-0.39, 0.29) is 49.1 Å². The van der Waals surface area contributed by atoms with Crippen molar-refractivity contribution in [3.8, 4) is 0 Å². The summed E-state index contributed by atoms with van der Waals surface area (Å²) in [5.41, 5.74) is 0. The number of ether oxygens (including phenoxy) is 3. The summed E-state index contributed by atoms with van der Waals surface area (Å²) in [6.07, 6.45) is 38.0. The third kappa shape index (κ3) is 33.6. The fourth-order valence-electron chi connectivity index (χ4n) is 6.28. The topological polar surface area (TPSA) is 102 Å². The first-order valence-corrected chi connectivity index (χ1v) is 21.4. The highest BCUT2D eigenvalue weighted by molar-refractivity contribution is 5.70. The van der Waals surface area contributed by atoms with E-state index >= 15 is 0 Å². The molecule has 0 aliphatic rings. The Morgan fingerprint density at radius 1 is 0.596 bits per heavy atom. The average molecular weight is 736 g/mol. The third-order valence-corrected chi connectivity index (χ3v) is 9.60. The minimum atomic E-state index is -1.13. The number of nitrogens with zero attached hydrogens (tertiary/aromatic N) is 1. The number of esters is 2. The second kappa shape index (κ2) is 35.8. The Balaban J connectivity index is 4.23. The van der Waals surface area contributed by atoms with E-state index in [4.69, 9.17) is 14.2 Å². The largest absolute Gasteiger partial charge is 0.544 e. The summed E-state index contributed by atoms with van der Waals surface area (Å²) in [7, 11) is 5.39. The van der Waals surface area contributed by atoms with E-state index in [2.05, 4.69) is 38.2 Å². The standard InChI is InChI=1S/C44H81NO7/c1-6-8-10-12-14-16-17-18-19-20-21-22-23-24-25-27-28-30-32-34-42(46)51-39-40(38-50-37-36-41(44(48)49)45(3,4)5)52-43(47)35-33-31-29-26-15-13-11-9-7-2/h9,11,15,26,40-41H,6-8,10,12-14,16-25,27-39H2,1-5H3/b11-9+,26-15+. The summed E-state index contributed by atoms with van der Waals surface area (Å²) < 4.78 is 17.1. The lowest BCUT2D eigenvalue weighted by atomic mass is 10.0. The molecule has 8 heteroatoms. The molecule has 0 aliphatic carbocycles. The van der Waals surface area contributed by atoms with Gasteiger partial charge in [0.15, 0.2) is 6.10 Å². The molecule has 8 nitrogen and oxygen atoms in total. The van der Waals surface area contributed by atoms with Crippen LogP contribution < -0.4 is 5.11 Å². The predicted octanol–water partition coefficient (Wildman–Crippen LogP) is 9.97. The molecule has 2 unspecified atom stereocenters. The van der Waals surface area contributed by atoms with Crippen LogP contribution in [0.15, 0.2) is 24.3 Å². The molecule has 0 aromatic rings. The van der Waals surface area contributed by atoms with Crippen molar-refractivity contribution >= 4 is 17.9 Å². The van der Waals surface area contributed by atoms with Crippen LogP contribution in [0.1, 0.15) is 187 Å². The Kier molecular flexibility index (Phi) is 34.3. The number of rotatable bonds is 38. The maximum absolute atomic E-state index is 12.6. The molecule has 52 heavy (non-hydrogen) atoms. The zero-order valence-corrected chi connectivity index (χ0v) is 34.5. The van der Waals surface area contributed by atoms with E-state index in [9.17, 15) is 19.5 Å². The van der Waals surface area contributed by atoms with Crippen LogP contribution in [0.4, 0.5) is 0 Å². The summed E-state index contributed by atoms with van der Waals surface area (Å²) in [6.45, 7) is 4.51. The Bertz CT molecular complexity index is 911. The highest BCUT2D eigenvalue weighted by Gasteiger charge is 2.25. The minimum Gasteiger partial charge on any atom is -0.544 e. The minimum absolute atomic E-state index is 0.0310.